The number of likely N-dealkylation sites (N-methyl/N-ethyl adjacent to an activating group) is 1. The molecular weight excluding hydrogens is 348 g/mol. The molecule has 3 rings (SSSR count). The molecule has 2 N–H and O–H groups in total. The first kappa shape index (κ1) is 18.6. The van der Waals surface area contributed by atoms with Gasteiger partial charge < -0.3 is 15.4 Å². The number of carbonyl (C=O) groups is 1. The molecule has 1 aromatic carbocycles. The maximum atomic E-state index is 13.1. The maximum Gasteiger partial charge on any atom is 0.339 e. The fourth-order valence-electron chi connectivity index (χ4n) is 2.92. The van der Waals surface area contributed by atoms with E-state index in [4.69, 9.17) is 10.5 Å². The van der Waals surface area contributed by atoms with Gasteiger partial charge in [-0.05, 0) is 12.5 Å². The highest BCUT2D eigenvalue weighted by Gasteiger charge is 2.25. The van der Waals surface area contributed by atoms with Crippen LogP contribution in [0, 0.1) is 0 Å². The molecular formula is C18H22N6O3. The minimum atomic E-state index is -0.498. The van der Waals surface area contributed by atoms with E-state index in [0.29, 0.717) is 25.3 Å². The minimum absolute atomic E-state index is 0.0834. The number of methoxy groups -OCH3 is 1. The number of fused-ring (bicyclic) bond motifs is 1. The smallest absolute Gasteiger partial charge is 0.339 e. The number of carbonyl (C=O) groups excluding carboxylic acids is 1. The van der Waals surface area contributed by atoms with Crippen molar-refractivity contribution in [1.82, 2.24) is 24.0 Å². The van der Waals surface area contributed by atoms with E-state index in [2.05, 4.69) is 9.97 Å². The van der Waals surface area contributed by atoms with Gasteiger partial charge in [-0.15, -0.1) is 0 Å². The number of benzene rings is 1. The van der Waals surface area contributed by atoms with Crippen molar-refractivity contribution in [1.29, 1.82) is 0 Å². The Kier molecular flexibility index (Phi) is 5.51. The second kappa shape index (κ2) is 8.00. The van der Waals surface area contributed by atoms with Gasteiger partial charge in [-0.2, -0.15) is 0 Å². The molecule has 0 saturated carbocycles. The molecule has 2 heterocycles. The molecule has 0 radical (unpaired) electrons. The van der Waals surface area contributed by atoms with E-state index in [-0.39, 0.29) is 17.9 Å². The van der Waals surface area contributed by atoms with E-state index < -0.39 is 11.7 Å². The summed E-state index contributed by atoms with van der Waals surface area (Å²) >= 11 is 0. The molecule has 1 amide bonds. The van der Waals surface area contributed by atoms with Crippen LogP contribution in [0.25, 0.3) is 11.2 Å². The normalized spacial score (nSPS) is 11.0. The van der Waals surface area contributed by atoms with E-state index in [1.807, 2.05) is 37.3 Å². The van der Waals surface area contributed by atoms with Crippen molar-refractivity contribution < 1.29 is 9.53 Å². The van der Waals surface area contributed by atoms with Gasteiger partial charge in [0.15, 0.2) is 11.5 Å². The maximum absolute atomic E-state index is 13.1. The molecule has 0 bridgehead atoms. The predicted octanol–water partition coefficient (Wildman–Crippen LogP) is 1.16. The number of hydrogen-bond donors (Lipinski definition) is 1. The van der Waals surface area contributed by atoms with E-state index in [1.54, 1.807) is 7.11 Å². The Bertz CT molecular complexity index is 995. The summed E-state index contributed by atoms with van der Waals surface area (Å²) in [5.41, 5.74) is 6.95. The van der Waals surface area contributed by atoms with E-state index in [0.717, 1.165) is 10.1 Å². The van der Waals surface area contributed by atoms with Crippen LogP contribution in [0.3, 0.4) is 0 Å². The average molecular weight is 370 g/mol. The van der Waals surface area contributed by atoms with Crippen LogP contribution in [0.2, 0.25) is 0 Å². The highest BCUT2D eigenvalue weighted by atomic mass is 16.5. The number of ether oxygens (including phenoxy) is 1. The molecule has 0 aliphatic rings. The summed E-state index contributed by atoms with van der Waals surface area (Å²) in [5, 5.41) is 0. The summed E-state index contributed by atoms with van der Waals surface area (Å²) < 4.78 is 7.53. The zero-order valence-corrected chi connectivity index (χ0v) is 15.3. The fraction of sp³-hybridized carbons (Fsp3) is 0.333. The second-order valence-electron chi connectivity index (χ2n) is 5.98. The zero-order chi connectivity index (χ0) is 19.4. The Morgan fingerprint density at radius 1 is 1.26 bits per heavy atom. The Morgan fingerprint density at radius 3 is 2.67 bits per heavy atom. The number of amides is 1. The summed E-state index contributed by atoms with van der Waals surface area (Å²) in [7, 11) is 1.56. The third-order valence-corrected chi connectivity index (χ3v) is 4.33. The Hall–Kier alpha value is -3.20. The highest BCUT2D eigenvalue weighted by molar-refractivity contribution is 5.93. The van der Waals surface area contributed by atoms with Gasteiger partial charge in [-0.1, -0.05) is 30.3 Å². The number of nitrogens with two attached hydrogens (primary N) is 1. The Balaban J connectivity index is 2.14. The third-order valence-electron chi connectivity index (χ3n) is 4.33. The van der Waals surface area contributed by atoms with Crippen LogP contribution in [-0.4, -0.2) is 56.8 Å². The van der Waals surface area contributed by atoms with Crippen molar-refractivity contribution in [2.45, 2.75) is 13.5 Å². The topological polar surface area (TPSA) is 108 Å². The standard InChI is InChI=1S/C18H22N6O3/c1-3-22(9-10-27-2)17(25)24-14-15(19)20-12-21-16(14)23(18(24)26)11-13-7-5-4-6-8-13/h4-8,12H,3,9-11H2,1-2H3,(H2,19,20,21). The number of hydrogen-bond acceptors (Lipinski definition) is 6. The second-order valence-corrected chi connectivity index (χ2v) is 5.98. The van der Waals surface area contributed by atoms with Crippen LogP contribution in [0.1, 0.15) is 12.5 Å². The van der Waals surface area contributed by atoms with Crippen molar-refractivity contribution in [3.05, 3.63) is 52.7 Å². The van der Waals surface area contributed by atoms with Gasteiger partial charge in [-0.25, -0.2) is 24.1 Å². The quantitative estimate of drug-likeness (QED) is 0.697. The lowest BCUT2D eigenvalue weighted by Crippen LogP contribution is -2.42. The molecule has 9 nitrogen and oxygen atoms in total. The SMILES string of the molecule is CCN(CCOC)C(=O)n1c(=O)n(Cc2ccccc2)c2ncnc(N)c21. The first-order valence-electron chi connectivity index (χ1n) is 8.62. The lowest BCUT2D eigenvalue weighted by atomic mass is 10.2. The summed E-state index contributed by atoms with van der Waals surface area (Å²) in [6.45, 7) is 3.26. The van der Waals surface area contributed by atoms with Crippen molar-refractivity contribution >= 4 is 23.0 Å². The molecule has 142 valence electrons. The number of imidazole rings is 1. The van der Waals surface area contributed by atoms with Gasteiger partial charge in [0, 0.05) is 20.2 Å². The zero-order valence-electron chi connectivity index (χ0n) is 15.3. The summed E-state index contributed by atoms with van der Waals surface area (Å²) in [6.07, 6.45) is 1.29. The fourth-order valence-corrected chi connectivity index (χ4v) is 2.92. The van der Waals surface area contributed by atoms with Crippen molar-refractivity contribution in [3.63, 3.8) is 0 Å². The van der Waals surface area contributed by atoms with Crippen LogP contribution < -0.4 is 11.4 Å². The summed E-state index contributed by atoms with van der Waals surface area (Å²) in [6, 6.07) is 9.00. The molecule has 0 unspecified atom stereocenters. The molecule has 27 heavy (non-hydrogen) atoms. The van der Waals surface area contributed by atoms with Crippen LogP contribution in [-0.2, 0) is 11.3 Å². The molecule has 0 spiro atoms. The number of rotatable bonds is 6. The Labute approximate surface area is 156 Å². The van der Waals surface area contributed by atoms with Gasteiger partial charge in [-0.3, -0.25) is 4.57 Å². The molecule has 0 atom stereocenters. The van der Waals surface area contributed by atoms with E-state index >= 15 is 0 Å². The monoisotopic (exact) mass is 370 g/mol. The molecule has 3 aromatic rings. The lowest BCUT2D eigenvalue weighted by molar-refractivity contribution is 0.152. The largest absolute Gasteiger partial charge is 0.383 e. The van der Waals surface area contributed by atoms with E-state index in [1.165, 1.54) is 15.8 Å². The van der Waals surface area contributed by atoms with Crippen LogP contribution >= 0.6 is 0 Å². The first-order chi connectivity index (χ1) is 13.1. The van der Waals surface area contributed by atoms with Gasteiger partial charge in [0.2, 0.25) is 0 Å². The van der Waals surface area contributed by atoms with Gasteiger partial charge in [0.25, 0.3) is 0 Å². The third kappa shape index (κ3) is 3.54. The summed E-state index contributed by atoms with van der Waals surface area (Å²) in [4.78, 5) is 35.8. The molecule has 0 fully saturated rings. The van der Waals surface area contributed by atoms with Crippen molar-refractivity contribution in [3.8, 4) is 0 Å². The molecule has 0 aliphatic heterocycles. The Morgan fingerprint density at radius 2 is 2.00 bits per heavy atom. The van der Waals surface area contributed by atoms with Crippen LogP contribution in [0.15, 0.2) is 41.5 Å². The number of nitrogen functional groups attached to an aromatic ring is 1. The molecule has 9 heteroatoms. The predicted molar refractivity (Wildman–Crippen MR) is 102 cm³/mol. The molecule has 0 aliphatic carbocycles. The van der Waals surface area contributed by atoms with Crippen molar-refractivity contribution in [2.75, 3.05) is 32.5 Å². The summed E-state index contributed by atoms with van der Waals surface area (Å²) in [5.74, 6) is 0.0834. The first-order valence-corrected chi connectivity index (χ1v) is 8.62. The number of anilines is 1. The molecule has 2 aromatic heterocycles. The van der Waals surface area contributed by atoms with Gasteiger partial charge in [0.1, 0.15) is 11.8 Å². The molecule has 0 saturated heterocycles. The van der Waals surface area contributed by atoms with E-state index in [9.17, 15) is 9.59 Å². The van der Waals surface area contributed by atoms with Gasteiger partial charge in [0.05, 0.1) is 13.2 Å². The van der Waals surface area contributed by atoms with Gasteiger partial charge >= 0.3 is 11.7 Å². The number of nitrogens with zero attached hydrogens (tertiary/aromatic N) is 5. The van der Waals surface area contributed by atoms with Crippen LogP contribution in [0.4, 0.5) is 10.6 Å². The van der Waals surface area contributed by atoms with Crippen molar-refractivity contribution in [2.24, 2.45) is 0 Å². The minimum Gasteiger partial charge on any atom is -0.383 e. The van der Waals surface area contributed by atoms with Crippen LogP contribution in [0.5, 0.6) is 0 Å². The highest BCUT2D eigenvalue weighted by Crippen LogP contribution is 2.17. The average Bonchev–Trinajstić information content (AvgIpc) is 2.96. The number of aromatic nitrogens is 4. The lowest BCUT2D eigenvalue weighted by Gasteiger charge is -2.20.